The molecule has 0 radical (unpaired) electrons. The Balaban J connectivity index is 2.00. The third-order valence-electron chi connectivity index (χ3n) is 5.19. The largest absolute Gasteiger partial charge is 0.509 e. The Hall–Kier alpha value is -4.88. The maximum Gasteiger partial charge on any atom is 0.268 e. The second-order valence-corrected chi connectivity index (χ2v) is 7.05. The molecule has 1 atom stereocenters. The van der Waals surface area contributed by atoms with Crippen molar-refractivity contribution in [1.82, 2.24) is 0 Å². The first-order valence-corrected chi connectivity index (χ1v) is 9.57. The highest BCUT2D eigenvalue weighted by atomic mass is 16.3. The Morgan fingerprint density at radius 2 is 1.38 bits per heavy atom. The van der Waals surface area contributed by atoms with E-state index in [1.54, 1.807) is 4.90 Å². The lowest BCUT2D eigenvalue weighted by molar-refractivity contribution is 0.365. The predicted molar refractivity (Wildman–Crippen MR) is 119 cm³/mol. The summed E-state index contributed by atoms with van der Waals surface area (Å²) in [6, 6.07) is 21.3. The lowest BCUT2D eigenvalue weighted by atomic mass is 9.76. The Bertz CT molecular complexity index is 1250. The van der Waals surface area contributed by atoms with Gasteiger partial charge in [-0.3, -0.25) is 0 Å². The molecule has 1 aliphatic rings. The van der Waals surface area contributed by atoms with Crippen molar-refractivity contribution in [2.75, 3.05) is 4.90 Å². The van der Waals surface area contributed by atoms with Gasteiger partial charge in [-0.15, -0.1) is 0 Å². The number of phenolic OH excluding ortho intramolecular Hbond substituents is 3. The fraction of sp³-hybridized carbons (Fsp3) is 0.0400. The number of allylic oxidation sites excluding steroid dienone is 1. The lowest BCUT2D eigenvalue weighted by Crippen LogP contribution is -2.42. The van der Waals surface area contributed by atoms with E-state index < -0.39 is 17.5 Å². The molecule has 0 spiro atoms. The number of phenols is 3. The van der Waals surface area contributed by atoms with E-state index in [4.69, 9.17) is 6.57 Å². The molecule has 0 aliphatic heterocycles. The number of para-hydroxylation sites is 2. The molecular weight excluding hydrogens is 406 g/mol. The number of nitrogens with zero attached hydrogens (tertiary/aromatic N) is 3. The summed E-state index contributed by atoms with van der Waals surface area (Å²) in [5, 5.41) is 51.2. The topological polar surface area (TPSA) is 112 Å². The molecule has 156 valence electrons. The number of rotatable bonds is 4. The van der Waals surface area contributed by atoms with Crippen LogP contribution >= 0.6 is 0 Å². The number of hydrogen-bond donors (Lipinski definition) is 4. The zero-order chi connectivity index (χ0) is 22.8. The van der Waals surface area contributed by atoms with Gasteiger partial charge in [0.15, 0.2) is 0 Å². The molecule has 4 N–H and O–H groups in total. The number of anilines is 2. The molecule has 1 unspecified atom stereocenters. The van der Waals surface area contributed by atoms with Gasteiger partial charge in [0.25, 0.3) is 5.70 Å². The van der Waals surface area contributed by atoms with Gasteiger partial charge in [0.2, 0.25) is 0 Å². The van der Waals surface area contributed by atoms with Crippen LogP contribution in [0.5, 0.6) is 17.2 Å². The number of benzene rings is 3. The summed E-state index contributed by atoms with van der Waals surface area (Å²) >= 11 is 0. The highest BCUT2D eigenvalue weighted by Crippen LogP contribution is 2.53. The molecule has 0 aromatic heterocycles. The summed E-state index contributed by atoms with van der Waals surface area (Å²) < 4.78 is 0. The average Bonchev–Trinajstić information content (AvgIpc) is 2.80. The first kappa shape index (κ1) is 20.4. The second kappa shape index (κ2) is 8.10. The summed E-state index contributed by atoms with van der Waals surface area (Å²) in [6.45, 7) is 7.48. The molecule has 4 rings (SSSR count). The molecule has 0 bridgehead atoms. The summed E-state index contributed by atoms with van der Waals surface area (Å²) in [4.78, 5) is 5.09. The molecule has 7 heteroatoms. The van der Waals surface area contributed by atoms with Crippen LogP contribution in [0.2, 0.25) is 0 Å². The maximum absolute atomic E-state index is 11.1. The van der Waals surface area contributed by atoms with Crippen molar-refractivity contribution in [2.24, 2.45) is 0 Å². The minimum absolute atomic E-state index is 0.0191. The molecule has 3 aromatic carbocycles. The number of aliphatic hydroxyl groups excluding tert-OH is 1. The lowest BCUT2D eigenvalue weighted by Gasteiger charge is -2.42. The summed E-state index contributed by atoms with van der Waals surface area (Å²) in [7, 11) is 0. The highest BCUT2D eigenvalue weighted by molar-refractivity contribution is 5.98. The average molecular weight is 423 g/mol. The monoisotopic (exact) mass is 423 g/mol. The summed E-state index contributed by atoms with van der Waals surface area (Å²) in [5.41, 5.74) is 1.09. The first-order valence-electron chi connectivity index (χ1n) is 9.57. The van der Waals surface area contributed by atoms with Crippen LogP contribution in [0.1, 0.15) is 5.56 Å². The van der Waals surface area contributed by atoms with E-state index in [2.05, 4.69) is 4.85 Å². The Kier molecular flexibility index (Phi) is 5.16. The van der Waals surface area contributed by atoms with Crippen molar-refractivity contribution in [3.05, 3.63) is 107 Å². The molecule has 0 amide bonds. The van der Waals surface area contributed by atoms with Crippen LogP contribution in [0, 0.1) is 17.9 Å². The minimum atomic E-state index is -0.911. The molecule has 0 saturated carbocycles. The quantitative estimate of drug-likeness (QED) is 0.347. The Morgan fingerprint density at radius 1 is 0.875 bits per heavy atom. The van der Waals surface area contributed by atoms with Crippen molar-refractivity contribution < 1.29 is 20.4 Å². The van der Waals surface area contributed by atoms with E-state index >= 15 is 0 Å². The third-order valence-corrected chi connectivity index (χ3v) is 5.19. The van der Waals surface area contributed by atoms with Gasteiger partial charge in [0.05, 0.1) is 18.2 Å². The van der Waals surface area contributed by atoms with Crippen LogP contribution in [0.3, 0.4) is 0 Å². The smallest absolute Gasteiger partial charge is 0.268 e. The molecule has 7 nitrogen and oxygen atoms in total. The standard InChI is InChI=1S/C25H17N3O4/c1-27-18(14-26)21-23(22-19(30)12-17(29)13-20(22)31)25(32)24(21)28(15-8-4-2-5-9-15)16-10-6-3-7-11-16/h2-13,24,29-32H/b21-18-. The van der Waals surface area contributed by atoms with E-state index in [-0.39, 0.29) is 33.9 Å². The zero-order valence-electron chi connectivity index (χ0n) is 16.6. The maximum atomic E-state index is 11.1. The van der Waals surface area contributed by atoms with Crippen LogP contribution in [0.4, 0.5) is 11.4 Å². The van der Waals surface area contributed by atoms with E-state index in [1.165, 1.54) is 0 Å². The molecule has 32 heavy (non-hydrogen) atoms. The molecule has 1 aliphatic carbocycles. The predicted octanol–water partition coefficient (Wildman–Crippen LogP) is 4.99. The van der Waals surface area contributed by atoms with Crippen LogP contribution in [-0.4, -0.2) is 26.5 Å². The van der Waals surface area contributed by atoms with Gasteiger partial charge < -0.3 is 25.3 Å². The van der Waals surface area contributed by atoms with Crippen molar-refractivity contribution in [2.45, 2.75) is 6.04 Å². The number of aliphatic hydroxyl groups is 1. The minimum Gasteiger partial charge on any atom is -0.509 e. The van der Waals surface area contributed by atoms with Crippen molar-refractivity contribution in [1.29, 1.82) is 5.26 Å². The van der Waals surface area contributed by atoms with Gasteiger partial charge in [0.1, 0.15) is 29.0 Å². The van der Waals surface area contributed by atoms with Gasteiger partial charge in [-0.25, -0.2) is 10.1 Å². The normalized spacial score (nSPS) is 16.5. The van der Waals surface area contributed by atoms with Gasteiger partial charge >= 0.3 is 0 Å². The number of aromatic hydroxyl groups is 3. The van der Waals surface area contributed by atoms with Gasteiger partial charge in [-0.2, -0.15) is 0 Å². The summed E-state index contributed by atoms with van der Waals surface area (Å²) in [6.07, 6.45) is 0. The van der Waals surface area contributed by atoms with Crippen LogP contribution in [-0.2, 0) is 0 Å². The van der Waals surface area contributed by atoms with Crippen molar-refractivity contribution in [3.63, 3.8) is 0 Å². The van der Waals surface area contributed by atoms with Crippen LogP contribution < -0.4 is 4.90 Å². The van der Waals surface area contributed by atoms with E-state index in [0.29, 0.717) is 11.4 Å². The van der Waals surface area contributed by atoms with Crippen LogP contribution in [0.25, 0.3) is 10.4 Å². The van der Waals surface area contributed by atoms with Crippen LogP contribution in [0.15, 0.2) is 89.8 Å². The van der Waals surface area contributed by atoms with E-state index in [9.17, 15) is 25.7 Å². The summed E-state index contributed by atoms with van der Waals surface area (Å²) in [5.74, 6) is -1.59. The molecule has 0 saturated heterocycles. The SMILES string of the molecule is [C-]#[N+]/C(C#N)=C1/C(c2c(O)cc(O)cc2O)=C(O)C1N(c1ccccc1)c1ccccc1. The zero-order valence-corrected chi connectivity index (χ0v) is 16.6. The molecule has 0 heterocycles. The fourth-order valence-corrected chi connectivity index (χ4v) is 3.86. The second-order valence-electron chi connectivity index (χ2n) is 7.05. The van der Waals surface area contributed by atoms with Crippen molar-refractivity contribution >= 4 is 16.9 Å². The van der Waals surface area contributed by atoms with E-state index in [1.807, 2.05) is 66.7 Å². The highest BCUT2D eigenvalue weighted by Gasteiger charge is 2.45. The Labute approximate surface area is 184 Å². The fourth-order valence-electron chi connectivity index (χ4n) is 3.86. The van der Waals surface area contributed by atoms with Crippen molar-refractivity contribution in [3.8, 4) is 23.3 Å². The molecule has 3 aromatic rings. The third kappa shape index (κ3) is 3.24. The van der Waals surface area contributed by atoms with E-state index in [0.717, 1.165) is 12.1 Å². The molecule has 0 fully saturated rings. The van der Waals surface area contributed by atoms with Gasteiger partial charge in [0, 0.05) is 34.7 Å². The number of hydrogen-bond acceptors (Lipinski definition) is 6. The molecular formula is C25H17N3O4. The van der Waals surface area contributed by atoms with Gasteiger partial charge in [-0.1, -0.05) is 36.4 Å². The Morgan fingerprint density at radius 3 is 1.81 bits per heavy atom. The van der Waals surface area contributed by atoms with Gasteiger partial charge in [-0.05, 0) is 24.3 Å². The number of nitriles is 1. The first-order chi connectivity index (χ1) is 15.5.